The number of benzene rings is 1. The van der Waals surface area contributed by atoms with E-state index >= 15 is 0 Å². The molecular weight excluding hydrogens is 406 g/mol. The van der Waals surface area contributed by atoms with Gasteiger partial charge in [-0.1, -0.05) is 30.0 Å². The van der Waals surface area contributed by atoms with Crippen LogP contribution in [0, 0.1) is 0 Å². The van der Waals surface area contributed by atoms with Crippen molar-refractivity contribution in [3.8, 4) is 5.69 Å². The summed E-state index contributed by atoms with van der Waals surface area (Å²) in [5.41, 5.74) is 1.61. The summed E-state index contributed by atoms with van der Waals surface area (Å²) in [6, 6.07) is 11.8. The fraction of sp³-hybridized carbons (Fsp3) is 0.200. The Balaban J connectivity index is 1.59. The minimum atomic E-state index is -0.738. The predicted molar refractivity (Wildman–Crippen MR) is 109 cm³/mol. The lowest BCUT2D eigenvalue weighted by atomic mass is 10.0. The van der Waals surface area contributed by atoms with Crippen molar-refractivity contribution < 1.29 is 18.7 Å². The standard InChI is InChI=1S/C20H19N5O4S/c1-2-28-18(26)16-14(22-19(27)23-17(16)15-9-6-10-29-15)11-30-20-21-12-25(24-20)13-7-4-3-5-8-13/h3-10,12,17H,2,11H2,1H3,(H2,22,23,27). The van der Waals surface area contributed by atoms with Gasteiger partial charge < -0.3 is 19.8 Å². The summed E-state index contributed by atoms with van der Waals surface area (Å²) in [4.78, 5) is 29.2. The Kier molecular flexibility index (Phi) is 5.84. The average Bonchev–Trinajstić information content (AvgIpc) is 3.45. The van der Waals surface area contributed by atoms with Crippen molar-refractivity contribution in [2.75, 3.05) is 12.4 Å². The monoisotopic (exact) mass is 425 g/mol. The van der Waals surface area contributed by atoms with E-state index in [1.165, 1.54) is 18.0 Å². The van der Waals surface area contributed by atoms with Crippen LogP contribution in [0.4, 0.5) is 4.79 Å². The molecule has 2 N–H and O–H groups in total. The zero-order chi connectivity index (χ0) is 20.9. The number of carbonyl (C=O) groups is 2. The Morgan fingerprint density at radius 3 is 2.83 bits per heavy atom. The van der Waals surface area contributed by atoms with Crippen molar-refractivity contribution >= 4 is 23.8 Å². The second-order valence-corrected chi connectivity index (χ2v) is 7.20. The van der Waals surface area contributed by atoms with Gasteiger partial charge in [0.1, 0.15) is 18.1 Å². The zero-order valence-electron chi connectivity index (χ0n) is 16.1. The predicted octanol–water partition coefficient (Wildman–Crippen LogP) is 2.82. The molecule has 1 aliphatic heterocycles. The van der Waals surface area contributed by atoms with Crippen molar-refractivity contribution in [1.29, 1.82) is 0 Å². The van der Waals surface area contributed by atoms with Gasteiger partial charge in [-0.2, -0.15) is 0 Å². The lowest BCUT2D eigenvalue weighted by Gasteiger charge is -2.27. The Bertz CT molecular complexity index is 1060. The van der Waals surface area contributed by atoms with Crippen LogP contribution < -0.4 is 10.6 Å². The van der Waals surface area contributed by atoms with Gasteiger partial charge in [-0.3, -0.25) is 0 Å². The van der Waals surface area contributed by atoms with Gasteiger partial charge in [0.2, 0.25) is 5.16 Å². The molecule has 154 valence electrons. The Morgan fingerprint density at radius 1 is 1.27 bits per heavy atom. The molecule has 30 heavy (non-hydrogen) atoms. The molecule has 0 bridgehead atoms. The number of esters is 1. The highest BCUT2D eigenvalue weighted by Gasteiger charge is 2.35. The average molecular weight is 425 g/mol. The number of urea groups is 1. The maximum atomic E-state index is 12.7. The molecule has 0 aliphatic carbocycles. The number of para-hydroxylation sites is 1. The van der Waals surface area contributed by atoms with E-state index < -0.39 is 18.0 Å². The van der Waals surface area contributed by atoms with Crippen LogP contribution in [0.1, 0.15) is 18.7 Å². The van der Waals surface area contributed by atoms with Gasteiger partial charge in [0.25, 0.3) is 0 Å². The molecule has 3 heterocycles. The van der Waals surface area contributed by atoms with Crippen LogP contribution in [0.5, 0.6) is 0 Å². The number of hydrogen-bond acceptors (Lipinski definition) is 7. The molecule has 0 saturated carbocycles. The van der Waals surface area contributed by atoms with Crippen molar-refractivity contribution in [1.82, 2.24) is 25.4 Å². The molecule has 0 spiro atoms. The van der Waals surface area contributed by atoms with E-state index in [-0.39, 0.29) is 12.4 Å². The van der Waals surface area contributed by atoms with Crippen LogP contribution in [-0.2, 0) is 9.53 Å². The molecule has 1 aromatic carbocycles. The molecule has 4 rings (SSSR count). The van der Waals surface area contributed by atoms with E-state index in [0.29, 0.717) is 22.2 Å². The Morgan fingerprint density at radius 2 is 2.10 bits per heavy atom. The van der Waals surface area contributed by atoms with Crippen molar-refractivity contribution in [2.45, 2.75) is 18.1 Å². The number of aromatic nitrogens is 3. The summed E-state index contributed by atoms with van der Waals surface area (Å²) in [6.45, 7) is 1.94. The van der Waals surface area contributed by atoms with Crippen LogP contribution >= 0.6 is 11.8 Å². The normalized spacial score (nSPS) is 16.2. The molecule has 0 saturated heterocycles. The van der Waals surface area contributed by atoms with Gasteiger partial charge in [0.15, 0.2) is 0 Å². The molecule has 9 nitrogen and oxygen atoms in total. The number of ether oxygens (including phenoxy) is 1. The minimum absolute atomic E-state index is 0.213. The van der Waals surface area contributed by atoms with Crippen molar-refractivity contribution in [3.05, 3.63) is 72.1 Å². The first-order chi connectivity index (χ1) is 14.7. The SMILES string of the molecule is CCOC(=O)C1=C(CSc2ncn(-c3ccccc3)n2)NC(=O)NC1c1ccco1. The Labute approximate surface area is 176 Å². The summed E-state index contributed by atoms with van der Waals surface area (Å²) >= 11 is 1.30. The van der Waals surface area contributed by atoms with Crippen LogP contribution in [-0.4, -0.2) is 39.1 Å². The van der Waals surface area contributed by atoms with Gasteiger partial charge in [-0.05, 0) is 31.2 Å². The van der Waals surface area contributed by atoms with E-state index in [1.807, 2.05) is 30.3 Å². The number of thioether (sulfide) groups is 1. The van der Waals surface area contributed by atoms with Gasteiger partial charge in [-0.15, -0.1) is 5.10 Å². The third kappa shape index (κ3) is 4.23. The molecule has 10 heteroatoms. The highest BCUT2D eigenvalue weighted by atomic mass is 32.2. The Hall–Kier alpha value is -3.53. The smallest absolute Gasteiger partial charge is 0.338 e. The fourth-order valence-corrected chi connectivity index (χ4v) is 3.77. The van der Waals surface area contributed by atoms with Crippen LogP contribution in [0.2, 0.25) is 0 Å². The third-order valence-electron chi connectivity index (χ3n) is 4.31. The van der Waals surface area contributed by atoms with Crippen LogP contribution in [0.15, 0.2) is 75.9 Å². The molecule has 0 radical (unpaired) electrons. The molecule has 2 amide bonds. The highest BCUT2D eigenvalue weighted by molar-refractivity contribution is 7.99. The zero-order valence-corrected chi connectivity index (χ0v) is 16.9. The fourth-order valence-electron chi connectivity index (χ4n) is 3.01. The number of amides is 2. The molecule has 1 unspecified atom stereocenters. The number of hydrogen-bond donors (Lipinski definition) is 2. The molecule has 0 fully saturated rings. The van der Waals surface area contributed by atoms with Gasteiger partial charge in [0.05, 0.1) is 24.1 Å². The number of nitrogens with one attached hydrogen (secondary N) is 2. The van der Waals surface area contributed by atoms with E-state index in [0.717, 1.165) is 5.69 Å². The van der Waals surface area contributed by atoms with Crippen LogP contribution in [0.3, 0.4) is 0 Å². The van der Waals surface area contributed by atoms with Gasteiger partial charge in [0, 0.05) is 11.4 Å². The lowest BCUT2D eigenvalue weighted by molar-refractivity contribution is -0.139. The van der Waals surface area contributed by atoms with Gasteiger partial charge >= 0.3 is 12.0 Å². The first-order valence-corrected chi connectivity index (χ1v) is 10.2. The summed E-state index contributed by atoms with van der Waals surface area (Å²) in [6.07, 6.45) is 3.10. The highest BCUT2D eigenvalue weighted by Crippen LogP contribution is 2.30. The maximum absolute atomic E-state index is 12.7. The van der Waals surface area contributed by atoms with E-state index in [9.17, 15) is 9.59 Å². The van der Waals surface area contributed by atoms with Crippen molar-refractivity contribution in [3.63, 3.8) is 0 Å². The van der Waals surface area contributed by atoms with E-state index in [1.54, 1.807) is 30.1 Å². The number of nitrogens with zero attached hydrogens (tertiary/aromatic N) is 3. The second kappa shape index (κ2) is 8.87. The van der Waals surface area contributed by atoms with E-state index in [4.69, 9.17) is 9.15 Å². The number of rotatable bonds is 7. The summed E-state index contributed by atoms with van der Waals surface area (Å²) < 4.78 is 12.3. The van der Waals surface area contributed by atoms with Crippen LogP contribution in [0.25, 0.3) is 5.69 Å². The first kappa shape index (κ1) is 19.8. The molecule has 3 aromatic rings. The molecular formula is C20H19N5O4S. The molecule has 1 aliphatic rings. The first-order valence-electron chi connectivity index (χ1n) is 9.26. The maximum Gasteiger partial charge on any atom is 0.338 e. The second-order valence-electron chi connectivity index (χ2n) is 6.26. The minimum Gasteiger partial charge on any atom is -0.467 e. The largest absolute Gasteiger partial charge is 0.467 e. The number of carbonyl (C=O) groups excluding carboxylic acids is 2. The lowest BCUT2D eigenvalue weighted by Crippen LogP contribution is -2.46. The third-order valence-corrected chi connectivity index (χ3v) is 5.19. The summed E-state index contributed by atoms with van der Waals surface area (Å²) in [7, 11) is 0. The van der Waals surface area contributed by atoms with Gasteiger partial charge in [-0.25, -0.2) is 19.3 Å². The van der Waals surface area contributed by atoms with E-state index in [2.05, 4.69) is 20.7 Å². The van der Waals surface area contributed by atoms with Crippen molar-refractivity contribution in [2.24, 2.45) is 0 Å². The summed E-state index contributed by atoms with van der Waals surface area (Å²) in [5, 5.41) is 10.4. The quantitative estimate of drug-likeness (QED) is 0.442. The topological polar surface area (TPSA) is 111 Å². The molecule has 1 atom stereocenters. The molecule has 2 aromatic heterocycles. The summed E-state index contributed by atoms with van der Waals surface area (Å²) in [5.74, 6) is 0.198. The number of furan rings is 1.